The molecular formula is C15H18N2O4. The average Bonchev–Trinajstić information content (AvgIpc) is 2.85. The van der Waals surface area contributed by atoms with E-state index >= 15 is 0 Å². The molecule has 0 spiro atoms. The van der Waals surface area contributed by atoms with Gasteiger partial charge in [-0.15, -0.1) is 0 Å². The molecular weight excluding hydrogens is 272 g/mol. The lowest BCUT2D eigenvalue weighted by molar-refractivity contribution is -0.137. The van der Waals surface area contributed by atoms with Crippen LogP contribution >= 0.6 is 0 Å². The number of aryl methyl sites for hydroxylation is 2. The summed E-state index contributed by atoms with van der Waals surface area (Å²) in [6.07, 6.45) is 3.37. The van der Waals surface area contributed by atoms with Crippen LogP contribution in [0.1, 0.15) is 36.8 Å². The topological polar surface area (TPSA) is 95.5 Å². The van der Waals surface area contributed by atoms with Gasteiger partial charge in [0.25, 0.3) is 0 Å². The molecule has 0 aliphatic heterocycles. The number of benzene rings is 1. The van der Waals surface area contributed by atoms with E-state index in [1.165, 1.54) is 11.1 Å². The monoisotopic (exact) mass is 290 g/mol. The first-order valence-electron chi connectivity index (χ1n) is 6.99. The van der Waals surface area contributed by atoms with Gasteiger partial charge in [-0.3, -0.25) is 14.9 Å². The predicted octanol–water partition coefficient (Wildman–Crippen LogP) is 2.08. The van der Waals surface area contributed by atoms with Crippen LogP contribution in [0.3, 0.4) is 0 Å². The van der Waals surface area contributed by atoms with Gasteiger partial charge >= 0.3 is 12.0 Å². The molecule has 0 saturated carbocycles. The highest BCUT2D eigenvalue weighted by Crippen LogP contribution is 2.24. The number of carboxylic acids is 1. The molecule has 0 atom stereocenters. The van der Waals surface area contributed by atoms with Crippen LogP contribution in [0.15, 0.2) is 18.2 Å². The van der Waals surface area contributed by atoms with Gasteiger partial charge in [0.05, 0.1) is 0 Å². The van der Waals surface area contributed by atoms with E-state index in [9.17, 15) is 14.4 Å². The van der Waals surface area contributed by atoms with Crippen LogP contribution in [0.25, 0.3) is 0 Å². The Morgan fingerprint density at radius 3 is 2.62 bits per heavy atom. The molecule has 0 saturated heterocycles. The summed E-state index contributed by atoms with van der Waals surface area (Å²) in [5.41, 5.74) is 3.21. The highest BCUT2D eigenvalue weighted by atomic mass is 16.4. The summed E-state index contributed by atoms with van der Waals surface area (Å²) in [7, 11) is 0. The van der Waals surface area contributed by atoms with Crippen LogP contribution in [-0.2, 0) is 22.4 Å². The Hall–Kier alpha value is -2.37. The summed E-state index contributed by atoms with van der Waals surface area (Å²) in [6, 6.07) is 5.15. The standard InChI is InChI=1S/C15H18N2O4/c18-13(5-2-6-14(19)20)17-15(21)16-12-8-7-10-3-1-4-11(10)9-12/h7-9H,1-6H2,(H,19,20)(H2,16,17,18,21). The first kappa shape index (κ1) is 15.0. The number of urea groups is 1. The van der Waals surface area contributed by atoms with Crippen molar-refractivity contribution in [3.05, 3.63) is 29.3 Å². The summed E-state index contributed by atoms with van der Waals surface area (Å²) in [5, 5.41) is 13.3. The third kappa shape index (κ3) is 4.59. The minimum absolute atomic E-state index is 0.0178. The fourth-order valence-corrected chi connectivity index (χ4v) is 2.40. The largest absolute Gasteiger partial charge is 0.481 e. The van der Waals surface area contributed by atoms with E-state index in [1.54, 1.807) is 0 Å². The van der Waals surface area contributed by atoms with Gasteiger partial charge in [-0.1, -0.05) is 6.07 Å². The third-order valence-electron chi connectivity index (χ3n) is 3.40. The smallest absolute Gasteiger partial charge is 0.325 e. The normalized spacial score (nSPS) is 12.6. The van der Waals surface area contributed by atoms with Crippen LogP contribution in [0.4, 0.5) is 10.5 Å². The quantitative estimate of drug-likeness (QED) is 0.773. The van der Waals surface area contributed by atoms with Crippen molar-refractivity contribution in [2.75, 3.05) is 5.32 Å². The fourth-order valence-electron chi connectivity index (χ4n) is 2.40. The van der Waals surface area contributed by atoms with Gasteiger partial charge in [0, 0.05) is 18.5 Å². The number of anilines is 1. The Morgan fingerprint density at radius 2 is 1.86 bits per heavy atom. The van der Waals surface area contributed by atoms with Crippen molar-refractivity contribution in [2.24, 2.45) is 0 Å². The van der Waals surface area contributed by atoms with Crippen molar-refractivity contribution in [1.82, 2.24) is 5.32 Å². The molecule has 3 amide bonds. The van der Waals surface area contributed by atoms with Gasteiger partial charge in [0.1, 0.15) is 0 Å². The summed E-state index contributed by atoms with van der Waals surface area (Å²) in [4.78, 5) is 33.4. The summed E-state index contributed by atoms with van der Waals surface area (Å²) < 4.78 is 0. The Bertz CT molecular complexity index is 569. The van der Waals surface area contributed by atoms with E-state index in [1.807, 2.05) is 18.2 Å². The average molecular weight is 290 g/mol. The molecule has 1 aliphatic carbocycles. The molecule has 0 heterocycles. The van der Waals surface area contributed by atoms with Crippen LogP contribution in [-0.4, -0.2) is 23.0 Å². The van der Waals surface area contributed by atoms with Crippen molar-refractivity contribution in [3.8, 4) is 0 Å². The predicted molar refractivity (Wildman–Crippen MR) is 77.1 cm³/mol. The zero-order valence-corrected chi connectivity index (χ0v) is 11.6. The summed E-state index contributed by atoms with van der Waals surface area (Å²) in [5.74, 6) is -1.43. The van der Waals surface area contributed by atoms with E-state index < -0.39 is 17.9 Å². The number of hydrogen-bond donors (Lipinski definition) is 3. The first-order valence-corrected chi connectivity index (χ1v) is 6.99. The fraction of sp³-hybridized carbons (Fsp3) is 0.400. The molecule has 1 aromatic carbocycles. The lowest BCUT2D eigenvalue weighted by atomic mass is 10.1. The Morgan fingerprint density at radius 1 is 1.10 bits per heavy atom. The van der Waals surface area contributed by atoms with Crippen molar-refractivity contribution >= 4 is 23.6 Å². The number of carbonyl (C=O) groups is 3. The van der Waals surface area contributed by atoms with Gasteiger partial charge in [-0.05, 0) is 48.9 Å². The van der Waals surface area contributed by atoms with E-state index in [0.717, 1.165) is 19.3 Å². The molecule has 112 valence electrons. The number of rotatable bonds is 5. The molecule has 1 aromatic rings. The number of nitrogens with one attached hydrogen (secondary N) is 2. The second-order valence-electron chi connectivity index (χ2n) is 5.09. The SMILES string of the molecule is O=C(O)CCCC(=O)NC(=O)Nc1ccc2c(c1)CCC2. The lowest BCUT2D eigenvalue weighted by Crippen LogP contribution is -2.34. The first-order chi connectivity index (χ1) is 10.0. The van der Waals surface area contributed by atoms with Crippen LogP contribution in [0, 0.1) is 0 Å². The van der Waals surface area contributed by atoms with Gasteiger partial charge < -0.3 is 10.4 Å². The molecule has 21 heavy (non-hydrogen) atoms. The van der Waals surface area contributed by atoms with E-state index in [2.05, 4.69) is 10.6 Å². The molecule has 0 aromatic heterocycles. The molecule has 0 radical (unpaired) electrons. The van der Waals surface area contributed by atoms with Crippen molar-refractivity contribution in [3.63, 3.8) is 0 Å². The highest BCUT2D eigenvalue weighted by molar-refractivity contribution is 6.01. The number of imide groups is 1. The van der Waals surface area contributed by atoms with Gasteiger partial charge in [-0.25, -0.2) is 4.79 Å². The van der Waals surface area contributed by atoms with Crippen molar-refractivity contribution in [2.45, 2.75) is 38.5 Å². The van der Waals surface area contributed by atoms with E-state index in [4.69, 9.17) is 5.11 Å². The highest BCUT2D eigenvalue weighted by Gasteiger charge is 2.13. The zero-order valence-electron chi connectivity index (χ0n) is 11.6. The zero-order chi connectivity index (χ0) is 15.2. The van der Waals surface area contributed by atoms with E-state index in [0.29, 0.717) is 5.69 Å². The Labute approximate surface area is 122 Å². The second-order valence-corrected chi connectivity index (χ2v) is 5.09. The second kappa shape index (κ2) is 6.88. The van der Waals surface area contributed by atoms with E-state index in [-0.39, 0.29) is 19.3 Å². The Kier molecular flexibility index (Phi) is 4.92. The number of carboxylic acid groups (broad SMARTS) is 1. The molecule has 2 rings (SSSR count). The van der Waals surface area contributed by atoms with Gasteiger partial charge in [-0.2, -0.15) is 0 Å². The van der Waals surface area contributed by atoms with Crippen molar-refractivity contribution < 1.29 is 19.5 Å². The number of amides is 3. The molecule has 6 heteroatoms. The van der Waals surface area contributed by atoms with Gasteiger partial charge in [0.2, 0.25) is 5.91 Å². The minimum atomic E-state index is -0.953. The molecule has 0 fully saturated rings. The maximum Gasteiger partial charge on any atom is 0.325 e. The maximum absolute atomic E-state index is 11.7. The third-order valence-corrected chi connectivity index (χ3v) is 3.40. The molecule has 6 nitrogen and oxygen atoms in total. The van der Waals surface area contributed by atoms with Crippen LogP contribution in [0.2, 0.25) is 0 Å². The summed E-state index contributed by atoms with van der Waals surface area (Å²) in [6.45, 7) is 0. The van der Waals surface area contributed by atoms with Crippen LogP contribution in [0.5, 0.6) is 0 Å². The molecule has 0 bridgehead atoms. The maximum atomic E-state index is 11.7. The lowest BCUT2D eigenvalue weighted by Gasteiger charge is -2.08. The minimum Gasteiger partial charge on any atom is -0.481 e. The molecule has 1 aliphatic rings. The van der Waals surface area contributed by atoms with Crippen molar-refractivity contribution in [1.29, 1.82) is 0 Å². The molecule has 3 N–H and O–H groups in total. The summed E-state index contributed by atoms with van der Waals surface area (Å²) >= 11 is 0. The van der Waals surface area contributed by atoms with Crippen LogP contribution < -0.4 is 10.6 Å². The number of fused-ring (bicyclic) bond motifs is 1. The number of hydrogen-bond acceptors (Lipinski definition) is 3. The Balaban J connectivity index is 1.79. The number of carbonyl (C=O) groups excluding carboxylic acids is 2. The van der Waals surface area contributed by atoms with Gasteiger partial charge in [0.15, 0.2) is 0 Å². The number of aliphatic carboxylic acids is 1. The molecule has 0 unspecified atom stereocenters.